The van der Waals surface area contributed by atoms with Crippen LogP contribution in [0.4, 0.5) is 0 Å². The molecule has 0 saturated carbocycles. The number of hydrogen-bond donors (Lipinski definition) is 5. The van der Waals surface area contributed by atoms with E-state index >= 15 is 0 Å². The zero-order valence-electron chi connectivity index (χ0n) is 32.7. The molecule has 51 heavy (non-hydrogen) atoms. The second kappa shape index (κ2) is 30.4. The molecule has 0 aliphatic heterocycles. The molecule has 5 N–H and O–H groups in total. The zero-order valence-corrected chi connectivity index (χ0v) is 32.7. The SMILES string of the molecule is CCCCCCCCCOc1cc(C(=O)N(C)C[C@H](O)[C@@H](O)[C@H](O)[C@@H](O)CO)cc(OCCCCCCCCC)c1OCCCCCCCCC. The molecule has 0 unspecified atom stereocenters. The molecule has 0 saturated heterocycles. The lowest BCUT2D eigenvalue weighted by Gasteiger charge is -2.28. The second-order valence-electron chi connectivity index (χ2n) is 14.2. The number of carbonyl (C=O) groups is 1. The fourth-order valence-corrected chi connectivity index (χ4v) is 6.03. The van der Waals surface area contributed by atoms with Crippen molar-refractivity contribution < 1.29 is 44.5 Å². The Kier molecular flexibility index (Phi) is 27.9. The first kappa shape index (κ1) is 46.9. The van der Waals surface area contributed by atoms with Crippen molar-refractivity contribution in [2.75, 3.05) is 40.0 Å². The molecule has 10 heteroatoms. The predicted molar refractivity (Wildman–Crippen MR) is 205 cm³/mol. The van der Waals surface area contributed by atoms with Crippen LogP contribution in [0.15, 0.2) is 12.1 Å². The molecule has 1 amide bonds. The highest BCUT2D eigenvalue weighted by Crippen LogP contribution is 2.40. The van der Waals surface area contributed by atoms with Gasteiger partial charge in [0.15, 0.2) is 11.5 Å². The third-order valence-electron chi connectivity index (χ3n) is 9.41. The maximum absolute atomic E-state index is 13.7. The van der Waals surface area contributed by atoms with Crippen LogP contribution < -0.4 is 14.2 Å². The largest absolute Gasteiger partial charge is 0.490 e. The van der Waals surface area contributed by atoms with Crippen LogP contribution in [0.25, 0.3) is 0 Å². The number of aliphatic hydroxyl groups is 5. The van der Waals surface area contributed by atoms with Crippen molar-refractivity contribution in [3.63, 3.8) is 0 Å². The van der Waals surface area contributed by atoms with Crippen molar-refractivity contribution in [1.29, 1.82) is 0 Å². The van der Waals surface area contributed by atoms with E-state index in [2.05, 4.69) is 20.8 Å². The first-order chi connectivity index (χ1) is 24.7. The maximum atomic E-state index is 13.7. The molecule has 0 aromatic heterocycles. The third-order valence-corrected chi connectivity index (χ3v) is 9.41. The summed E-state index contributed by atoms with van der Waals surface area (Å²) in [5, 5.41) is 49.8. The summed E-state index contributed by atoms with van der Waals surface area (Å²) < 4.78 is 19.0. The minimum absolute atomic E-state index is 0.280. The van der Waals surface area contributed by atoms with Crippen molar-refractivity contribution in [2.24, 2.45) is 0 Å². The van der Waals surface area contributed by atoms with Crippen LogP contribution in [0, 0.1) is 0 Å². The Bertz CT molecular complexity index is 953. The average molecular weight is 726 g/mol. The van der Waals surface area contributed by atoms with Gasteiger partial charge in [0, 0.05) is 19.2 Å². The molecule has 0 aliphatic rings. The predicted octanol–water partition coefficient (Wildman–Crippen LogP) is 7.58. The third kappa shape index (κ3) is 20.6. The summed E-state index contributed by atoms with van der Waals surface area (Å²) >= 11 is 0. The van der Waals surface area contributed by atoms with Crippen molar-refractivity contribution >= 4 is 5.91 Å². The van der Waals surface area contributed by atoms with Gasteiger partial charge in [0.05, 0.1) is 26.4 Å². The molecule has 1 aromatic rings. The topological polar surface area (TPSA) is 149 Å². The molecular formula is C41H75NO9. The lowest BCUT2D eigenvalue weighted by atomic mass is 10.0. The molecule has 10 nitrogen and oxygen atoms in total. The van der Waals surface area contributed by atoms with Gasteiger partial charge in [-0.05, 0) is 31.4 Å². The number of likely N-dealkylation sites (N-methyl/N-ethyl adjacent to an activating group) is 1. The zero-order chi connectivity index (χ0) is 37.7. The van der Waals surface area contributed by atoms with Gasteiger partial charge in [0.25, 0.3) is 5.91 Å². The van der Waals surface area contributed by atoms with Crippen molar-refractivity contribution in [2.45, 2.75) is 180 Å². The standard InChI is InChI=1S/C41H75NO9/c1-5-8-11-14-17-20-23-26-49-36-29-33(41(48)42(4)31-34(44)38(46)39(47)35(45)32-43)30-37(50-27-24-21-18-15-12-9-6-2)40(36)51-28-25-22-19-16-13-10-7-3/h29-30,34-35,38-39,43-47H,5-28,31-32H2,1-4H3/t34-,35-,38+,39+/m0/s1. The number of carbonyl (C=O) groups excluding carboxylic acids is 1. The van der Waals surface area contributed by atoms with Crippen molar-refractivity contribution in [3.05, 3.63) is 17.7 Å². The number of aliphatic hydroxyl groups excluding tert-OH is 5. The first-order valence-corrected chi connectivity index (χ1v) is 20.4. The minimum atomic E-state index is -1.78. The Morgan fingerprint density at radius 1 is 0.569 bits per heavy atom. The highest BCUT2D eigenvalue weighted by molar-refractivity contribution is 5.95. The van der Waals surface area contributed by atoms with E-state index in [1.165, 1.54) is 95.4 Å². The van der Waals surface area contributed by atoms with E-state index in [0.29, 0.717) is 37.1 Å². The van der Waals surface area contributed by atoms with Gasteiger partial charge in [0.2, 0.25) is 5.75 Å². The Labute approximate surface area is 309 Å². The van der Waals surface area contributed by atoms with Crippen LogP contribution in [-0.4, -0.2) is 101 Å². The second-order valence-corrected chi connectivity index (χ2v) is 14.2. The molecule has 0 radical (unpaired) electrons. The lowest BCUT2D eigenvalue weighted by Crippen LogP contribution is -2.49. The Morgan fingerprint density at radius 2 is 0.922 bits per heavy atom. The monoisotopic (exact) mass is 726 g/mol. The summed E-state index contributed by atoms with van der Waals surface area (Å²) in [4.78, 5) is 15.0. The summed E-state index contributed by atoms with van der Waals surface area (Å²) in [5.74, 6) is 0.945. The molecule has 4 atom stereocenters. The van der Waals surface area contributed by atoms with Crippen LogP contribution in [0.5, 0.6) is 17.2 Å². The summed E-state index contributed by atoms with van der Waals surface area (Å²) in [6.45, 7) is 7.00. The number of rotatable bonds is 34. The highest BCUT2D eigenvalue weighted by Gasteiger charge is 2.32. The molecule has 0 aliphatic carbocycles. The molecule has 0 heterocycles. The Hall–Kier alpha value is -2.11. The van der Waals surface area contributed by atoms with Crippen LogP contribution in [0.2, 0.25) is 0 Å². The van der Waals surface area contributed by atoms with Crippen LogP contribution in [0.1, 0.15) is 166 Å². The summed E-state index contributed by atoms with van der Waals surface area (Å²) in [7, 11) is 1.48. The van der Waals surface area contributed by atoms with E-state index in [-0.39, 0.29) is 12.1 Å². The number of hydrogen-bond acceptors (Lipinski definition) is 9. The van der Waals surface area contributed by atoms with E-state index in [0.717, 1.165) is 51.4 Å². The number of nitrogens with zero attached hydrogens (tertiary/aromatic N) is 1. The van der Waals surface area contributed by atoms with Crippen molar-refractivity contribution in [3.8, 4) is 17.2 Å². The van der Waals surface area contributed by atoms with Crippen molar-refractivity contribution in [1.82, 2.24) is 4.90 Å². The van der Waals surface area contributed by atoms with Gasteiger partial charge >= 0.3 is 0 Å². The van der Waals surface area contributed by atoms with E-state index in [9.17, 15) is 25.2 Å². The highest BCUT2D eigenvalue weighted by atomic mass is 16.5. The van der Waals surface area contributed by atoms with E-state index in [1.807, 2.05) is 0 Å². The summed E-state index contributed by atoms with van der Waals surface area (Å²) in [5.41, 5.74) is 0.280. The minimum Gasteiger partial charge on any atom is -0.490 e. The number of unbranched alkanes of at least 4 members (excludes halogenated alkanes) is 18. The first-order valence-electron chi connectivity index (χ1n) is 20.4. The van der Waals surface area contributed by atoms with Crippen LogP contribution >= 0.6 is 0 Å². The smallest absolute Gasteiger partial charge is 0.253 e. The molecular weight excluding hydrogens is 650 g/mol. The van der Waals surface area contributed by atoms with Gasteiger partial charge < -0.3 is 44.6 Å². The van der Waals surface area contributed by atoms with Gasteiger partial charge in [-0.15, -0.1) is 0 Å². The molecule has 1 aromatic carbocycles. The molecule has 0 fully saturated rings. The van der Waals surface area contributed by atoms with Gasteiger partial charge in [-0.2, -0.15) is 0 Å². The van der Waals surface area contributed by atoms with Gasteiger partial charge in [-0.3, -0.25) is 4.79 Å². The average Bonchev–Trinajstić information content (AvgIpc) is 3.13. The fraction of sp³-hybridized carbons (Fsp3) is 0.829. The van der Waals surface area contributed by atoms with E-state index in [1.54, 1.807) is 12.1 Å². The Morgan fingerprint density at radius 3 is 1.31 bits per heavy atom. The van der Waals surface area contributed by atoms with Gasteiger partial charge in [0.1, 0.15) is 24.4 Å². The van der Waals surface area contributed by atoms with Gasteiger partial charge in [-0.1, -0.05) is 136 Å². The van der Waals surface area contributed by atoms with Crippen LogP contribution in [-0.2, 0) is 0 Å². The molecule has 1 rings (SSSR count). The Balaban J connectivity index is 3.18. The molecule has 298 valence electrons. The number of ether oxygens (including phenoxy) is 3. The fourth-order valence-electron chi connectivity index (χ4n) is 6.03. The van der Waals surface area contributed by atoms with Gasteiger partial charge in [-0.25, -0.2) is 0 Å². The quantitative estimate of drug-likeness (QED) is 0.0453. The number of amides is 1. The van der Waals surface area contributed by atoms with E-state index < -0.39 is 36.9 Å². The van der Waals surface area contributed by atoms with E-state index in [4.69, 9.17) is 19.3 Å². The normalized spacial score (nSPS) is 13.8. The summed E-state index contributed by atoms with van der Waals surface area (Å²) in [6.07, 6.45) is 17.4. The lowest BCUT2D eigenvalue weighted by molar-refractivity contribution is -0.117. The van der Waals surface area contributed by atoms with Crippen LogP contribution in [0.3, 0.4) is 0 Å². The summed E-state index contributed by atoms with van der Waals surface area (Å²) in [6, 6.07) is 3.32. The number of benzene rings is 1. The molecule has 0 spiro atoms. The molecule has 0 bridgehead atoms. The maximum Gasteiger partial charge on any atom is 0.253 e.